The van der Waals surface area contributed by atoms with Gasteiger partial charge >= 0.3 is 0 Å². The van der Waals surface area contributed by atoms with Crippen LogP contribution in [-0.4, -0.2) is 29.9 Å². The van der Waals surface area contributed by atoms with Crippen molar-refractivity contribution in [2.75, 3.05) is 0 Å². The fourth-order valence-electron chi connectivity index (χ4n) is 9.53. The third-order valence-corrected chi connectivity index (χ3v) is 14.5. The Labute approximate surface area is 636 Å². The van der Waals surface area contributed by atoms with Gasteiger partial charge in [0.25, 0.3) is 0 Å². The Balaban J connectivity index is 0.000000180. The third-order valence-electron chi connectivity index (χ3n) is 14.5. The summed E-state index contributed by atoms with van der Waals surface area (Å²) in [4.78, 5) is 25.7. The van der Waals surface area contributed by atoms with E-state index in [0.29, 0.717) is 0 Å². The van der Waals surface area contributed by atoms with Crippen LogP contribution in [0.5, 0.6) is 0 Å². The molecule has 0 aliphatic heterocycles. The van der Waals surface area contributed by atoms with E-state index in [1.807, 2.05) is 195 Å². The first-order valence-corrected chi connectivity index (χ1v) is 30.7. The van der Waals surface area contributed by atoms with Gasteiger partial charge in [-0.1, -0.05) is 127 Å². The van der Waals surface area contributed by atoms with Crippen molar-refractivity contribution in [3.05, 3.63) is 398 Å². The zero-order valence-corrected chi connectivity index (χ0v) is 60.9. The smallest absolute Gasteiger partial charge is 0.123 e. The summed E-state index contributed by atoms with van der Waals surface area (Å²) in [7, 11) is 0. The van der Waals surface area contributed by atoms with Crippen molar-refractivity contribution in [1.29, 1.82) is 0 Å². The van der Waals surface area contributed by atoms with Crippen LogP contribution in [0.2, 0.25) is 0 Å². The van der Waals surface area contributed by atoms with Crippen LogP contribution < -0.4 is 0 Å². The second-order valence-corrected chi connectivity index (χ2v) is 21.4. The summed E-state index contributed by atoms with van der Waals surface area (Å²) in [6.45, 7) is -2.28. The molecule has 9 aromatic carbocycles. The SMILES string of the molecule is Cc1cc(F)ccc1-c1ccc(-c2[c-]cccc2)nc1.Cc1ccc(-c2ccnc(-c3[c-]cccc3)c2)cc1.[2H]C([2H])([2H])c1ccc(-c2[c-]cccc2)nc1.[2H]C([2H])([2H])c1ccc(-c2[c-]cccc2)nc1.[2H]C([2H])([2H])c1ccc(-c2[c-]cccc2)nc1.[Ir].[Ir].[Ir].[c-]1ccccc1-c1cc(-c2ccccc2)ccn1. The van der Waals surface area contributed by atoms with Crippen LogP contribution in [0.4, 0.5) is 4.39 Å². The molecule has 0 N–H and O–H groups in total. The van der Waals surface area contributed by atoms with Gasteiger partial charge in [0.1, 0.15) is 5.82 Å². The topological polar surface area (TPSA) is 77.3 Å². The summed E-state index contributed by atoms with van der Waals surface area (Å²) in [5, 5.41) is 0. The minimum atomic E-state index is -2.09. The molecule has 0 fully saturated rings. The van der Waals surface area contributed by atoms with Crippen LogP contribution in [-0.2, 0) is 60.3 Å². The second kappa shape index (κ2) is 40.5. The largest absolute Gasteiger partial charge is 0.305 e. The van der Waals surface area contributed by atoms with Gasteiger partial charge in [0.05, 0.1) is 0 Å². The summed E-state index contributed by atoms with van der Waals surface area (Å²) in [6.07, 6.45) is 9.69. The molecule has 0 spiro atoms. The van der Waals surface area contributed by atoms with E-state index in [2.05, 4.69) is 122 Å². The van der Waals surface area contributed by atoms with Crippen LogP contribution in [0.25, 0.3) is 101 Å². The van der Waals surface area contributed by atoms with Gasteiger partial charge in [-0.15, -0.1) is 215 Å². The molecule has 6 aromatic heterocycles. The van der Waals surface area contributed by atoms with Gasteiger partial charge in [-0.05, 0) is 148 Å². The van der Waals surface area contributed by atoms with Crippen LogP contribution in [0.1, 0.15) is 40.2 Å². The second-order valence-electron chi connectivity index (χ2n) is 21.4. The first-order valence-electron chi connectivity index (χ1n) is 35.2. The van der Waals surface area contributed by atoms with Crippen molar-refractivity contribution in [3.8, 4) is 101 Å². The molecule has 15 aromatic rings. The molecule has 0 atom stereocenters. The Hall–Kier alpha value is -10.2. The van der Waals surface area contributed by atoms with Crippen molar-refractivity contribution in [2.45, 2.75) is 34.4 Å². The molecule has 0 saturated carbocycles. The molecule has 0 aliphatic rings. The van der Waals surface area contributed by atoms with Gasteiger partial charge in [0, 0.05) is 110 Å². The molecule has 6 nitrogen and oxygen atoms in total. The quantitative estimate of drug-likeness (QED) is 0.134. The van der Waals surface area contributed by atoms with Crippen molar-refractivity contribution in [2.24, 2.45) is 0 Å². The molecule has 0 amide bonds. The van der Waals surface area contributed by atoms with Gasteiger partial charge < -0.3 is 29.9 Å². The van der Waals surface area contributed by atoms with Gasteiger partial charge in [-0.2, -0.15) is 0 Å². The van der Waals surface area contributed by atoms with Gasteiger partial charge in [0.15, 0.2) is 0 Å². The number of pyridine rings is 6. The van der Waals surface area contributed by atoms with E-state index < -0.39 is 20.6 Å². The Morgan fingerprint density at radius 1 is 0.273 bits per heavy atom. The molecule has 0 bridgehead atoms. The summed E-state index contributed by atoms with van der Waals surface area (Å²) in [5.41, 5.74) is 20.3. The molecule has 15 rings (SSSR count). The van der Waals surface area contributed by atoms with E-state index in [0.717, 1.165) is 84.2 Å². The maximum Gasteiger partial charge on any atom is 0.123 e. The van der Waals surface area contributed by atoms with Crippen LogP contribution in [0.3, 0.4) is 0 Å². The number of benzene rings is 9. The normalized spacial score (nSPS) is 11.6. The Bertz CT molecular complexity index is 4830. The Morgan fingerprint density at radius 3 is 0.909 bits per heavy atom. The van der Waals surface area contributed by atoms with Gasteiger partial charge in [-0.25, -0.2) is 4.39 Å². The van der Waals surface area contributed by atoms with Crippen LogP contribution in [0, 0.1) is 76.6 Å². The van der Waals surface area contributed by atoms with E-state index in [1.54, 1.807) is 60.7 Å². The number of nitrogens with zero attached hydrogens (tertiary/aromatic N) is 6. The van der Waals surface area contributed by atoms with Gasteiger partial charge in [0.2, 0.25) is 0 Å². The predicted molar refractivity (Wildman–Crippen MR) is 391 cm³/mol. The molecular formula is C89H69FIr3N6-6. The monoisotopic (exact) mass is 1830 g/mol. The van der Waals surface area contributed by atoms with Crippen LogP contribution >= 0.6 is 0 Å². The van der Waals surface area contributed by atoms with E-state index in [-0.39, 0.29) is 82.8 Å². The standard InChI is InChI=1S/C18H13FN.C18H14N.C17H12N.3C12H10N.3Ir/c1-13-11-16(19)8-9-17(13)15-7-10-18(20-12-15)14-5-3-2-4-6-14;1-14-7-9-15(10-8-14)17-11-12-19-18(13-17)16-5-3-2-4-6-16;1-3-7-14(8-4-1)16-11-12-18-17(13-16)15-9-5-2-6-10-15;3*1-10-7-8-12(13-9-10)11-5-3-2-4-6-11;;;/h2-5,7-12H,1H3;2-5,7-13H,1H3;1-9,11-13H;3*2-5,7-9H,1H3;;;/q6*-1;;;/i;;;3*1D3;;;. The van der Waals surface area contributed by atoms with E-state index in [4.69, 9.17) is 12.3 Å². The number of rotatable bonds is 9. The molecule has 3 radical (unpaired) electrons. The zero-order valence-electron chi connectivity index (χ0n) is 62.7. The number of hydrogen-bond acceptors (Lipinski definition) is 6. The minimum Gasteiger partial charge on any atom is -0.305 e. The molecule has 6 heterocycles. The number of aromatic nitrogens is 6. The number of halogens is 1. The molecule has 99 heavy (non-hydrogen) atoms. The van der Waals surface area contributed by atoms with Crippen molar-refractivity contribution < 1.29 is 77.0 Å². The van der Waals surface area contributed by atoms with Gasteiger partial charge in [-0.3, -0.25) is 0 Å². The first kappa shape index (κ1) is 63.5. The number of aryl methyl sites for hydroxylation is 5. The fraction of sp³-hybridized carbons (Fsp3) is 0.0562. The molecule has 0 saturated heterocycles. The van der Waals surface area contributed by atoms with E-state index in [9.17, 15) is 4.39 Å². The minimum absolute atomic E-state index is 0. The molecule has 0 aliphatic carbocycles. The van der Waals surface area contributed by atoms with Crippen molar-refractivity contribution in [1.82, 2.24) is 29.9 Å². The molecule has 0 unspecified atom stereocenters. The summed E-state index contributed by atoms with van der Waals surface area (Å²) < 4.78 is 78.2. The predicted octanol–water partition coefficient (Wildman–Crippen LogP) is 22.0. The van der Waals surface area contributed by atoms with Crippen molar-refractivity contribution in [3.63, 3.8) is 0 Å². The van der Waals surface area contributed by atoms with Crippen molar-refractivity contribution >= 4 is 0 Å². The van der Waals surface area contributed by atoms with Crippen LogP contribution in [0.15, 0.2) is 328 Å². The van der Waals surface area contributed by atoms with E-state index >= 15 is 0 Å². The maximum atomic E-state index is 13.1. The molecular weight excluding hydrogens is 1750 g/mol. The summed E-state index contributed by atoms with van der Waals surface area (Å²) in [6, 6.07) is 110. The summed E-state index contributed by atoms with van der Waals surface area (Å²) in [5.74, 6) is -0.213. The first-order chi connectivity index (χ1) is 50.7. The average Bonchev–Trinajstić information content (AvgIpc) is 0.851. The molecule has 495 valence electrons. The maximum absolute atomic E-state index is 13.1. The Morgan fingerprint density at radius 2 is 0.596 bits per heavy atom. The van der Waals surface area contributed by atoms with E-state index in [1.165, 1.54) is 58.5 Å². The Kier molecular flexibility index (Phi) is 26.0. The average molecular weight is 1830 g/mol. The number of hydrogen-bond donors (Lipinski definition) is 0. The third kappa shape index (κ3) is 23.8. The fourth-order valence-corrected chi connectivity index (χ4v) is 9.53. The molecule has 10 heteroatoms. The zero-order chi connectivity index (χ0) is 74.0. The summed E-state index contributed by atoms with van der Waals surface area (Å²) >= 11 is 0.